The average Bonchev–Trinajstić information content (AvgIpc) is 3.19. The van der Waals surface area contributed by atoms with E-state index >= 15 is 0 Å². The van der Waals surface area contributed by atoms with Gasteiger partial charge in [0.2, 0.25) is 10.0 Å². The summed E-state index contributed by atoms with van der Waals surface area (Å²) in [6, 6.07) is 23.0. The highest BCUT2D eigenvalue weighted by molar-refractivity contribution is 7.92. The van der Waals surface area contributed by atoms with E-state index in [9.17, 15) is 13.5 Å². The Bertz CT molecular complexity index is 1520. The minimum atomic E-state index is -3.45. The van der Waals surface area contributed by atoms with Crippen molar-refractivity contribution in [3.8, 4) is 5.88 Å². The van der Waals surface area contributed by atoms with Crippen molar-refractivity contribution in [1.82, 2.24) is 9.88 Å². The molecule has 0 aliphatic carbocycles. The molecule has 0 bridgehead atoms. The molecule has 8 heteroatoms. The molecule has 192 valence electrons. The fourth-order valence-electron chi connectivity index (χ4n) is 4.84. The Kier molecular flexibility index (Phi) is 7.04. The van der Waals surface area contributed by atoms with Gasteiger partial charge in [0.25, 0.3) is 0 Å². The van der Waals surface area contributed by atoms with Crippen LogP contribution in [0.2, 0.25) is 0 Å². The van der Waals surface area contributed by atoms with Crippen molar-refractivity contribution in [2.24, 2.45) is 10.9 Å². The Balaban J connectivity index is 1.52. The summed E-state index contributed by atoms with van der Waals surface area (Å²) in [5.41, 5.74) is 5.07. The molecule has 0 saturated carbocycles. The number of piperidine rings is 1. The van der Waals surface area contributed by atoms with Crippen molar-refractivity contribution in [2.75, 3.05) is 24.1 Å². The van der Waals surface area contributed by atoms with Crippen molar-refractivity contribution in [3.05, 3.63) is 89.5 Å². The summed E-state index contributed by atoms with van der Waals surface area (Å²) in [4.78, 5) is 10.5. The maximum Gasteiger partial charge on any atom is 0.229 e. The van der Waals surface area contributed by atoms with Crippen LogP contribution in [0.3, 0.4) is 0 Å². The molecular formula is C29H32N4O3S. The smallest absolute Gasteiger partial charge is 0.229 e. The van der Waals surface area contributed by atoms with Gasteiger partial charge in [0.05, 0.1) is 23.2 Å². The van der Waals surface area contributed by atoms with Gasteiger partial charge in [-0.15, -0.1) is 0 Å². The van der Waals surface area contributed by atoms with Crippen molar-refractivity contribution < 1.29 is 13.5 Å². The zero-order valence-corrected chi connectivity index (χ0v) is 21.9. The molecule has 0 radical (unpaired) electrons. The third-order valence-corrected chi connectivity index (χ3v) is 7.43. The van der Waals surface area contributed by atoms with Crippen LogP contribution in [0.15, 0.2) is 77.8 Å². The van der Waals surface area contributed by atoms with Gasteiger partial charge in [0, 0.05) is 28.7 Å². The first kappa shape index (κ1) is 25.0. The standard InChI is InChI=1S/C29H32N4O3S/c1-20-14-16-33(17-15-20)19-21-8-10-23(11-9-21)30-28(22-6-4-3-5-7-22)27-25-18-24(32-37(2,35)36)12-13-26(25)31-29(27)34/h3-13,18,20,31-32,34H,14-17,19H2,1-2H3. The summed E-state index contributed by atoms with van der Waals surface area (Å²) in [5.74, 6) is 0.786. The maximum absolute atomic E-state index is 11.8. The third kappa shape index (κ3) is 6.03. The van der Waals surface area contributed by atoms with E-state index in [1.807, 2.05) is 42.5 Å². The molecule has 4 aromatic rings. The minimum Gasteiger partial charge on any atom is -0.494 e. The van der Waals surface area contributed by atoms with E-state index in [0.29, 0.717) is 27.9 Å². The topological polar surface area (TPSA) is 97.8 Å². The number of likely N-dealkylation sites (tertiary alicyclic amines) is 1. The van der Waals surface area contributed by atoms with E-state index in [2.05, 4.69) is 33.7 Å². The molecular weight excluding hydrogens is 484 g/mol. The molecule has 5 rings (SSSR count). The number of anilines is 1. The van der Waals surface area contributed by atoms with Gasteiger partial charge in [-0.2, -0.15) is 0 Å². The largest absolute Gasteiger partial charge is 0.494 e. The molecule has 0 atom stereocenters. The molecule has 3 aromatic carbocycles. The lowest BCUT2D eigenvalue weighted by Gasteiger charge is -2.30. The normalized spacial score (nSPS) is 15.8. The number of fused-ring (bicyclic) bond motifs is 1. The van der Waals surface area contributed by atoms with E-state index in [-0.39, 0.29) is 5.88 Å². The Morgan fingerprint density at radius 2 is 1.76 bits per heavy atom. The first-order chi connectivity index (χ1) is 17.7. The number of hydrogen-bond donors (Lipinski definition) is 3. The van der Waals surface area contributed by atoms with Crippen LogP contribution in [-0.4, -0.2) is 48.5 Å². The van der Waals surface area contributed by atoms with Crippen molar-refractivity contribution in [1.29, 1.82) is 0 Å². The van der Waals surface area contributed by atoms with Gasteiger partial charge in [0.1, 0.15) is 0 Å². The number of aromatic hydroxyl groups is 1. The zero-order valence-electron chi connectivity index (χ0n) is 21.1. The molecule has 1 saturated heterocycles. The van der Waals surface area contributed by atoms with E-state index < -0.39 is 10.0 Å². The predicted molar refractivity (Wildman–Crippen MR) is 150 cm³/mol. The molecule has 1 fully saturated rings. The second-order valence-corrected chi connectivity index (χ2v) is 11.7. The number of nitrogens with one attached hydrogen (secondary N) is 2. The summed E-state index contributed by atoms with van der Waals surface area (Å²) in [7, 11) is -3.45. The molecule has 0 unspecified atom stereocenters. The molecule has 37 heavy (non-hydrogen) atoms. The quantitative estimate of drug-likeness (QED) is 0.277. The van der Waals surface area contributed by atoms with Gasteiger partial charge in [-0.25, -0.2) is 13.4 Å². The van der Waals surface area contributed by atoms with Crippen LogP contribution in [0, 0.1) is 5.92 Å². The first-order valence-corrected chi connectivity index (χ1v) is 14.4. The number of rotatable bonds is 7. The lowest BCUT2D eigenvalue weighted by atomic mass is 9.99. The number of hydrogen-bond acceptors (Lipinski definition) is 5. The molecule has 2 heterocycles. The Hall–Kier alpha value is -3.62. The number of benzene rings is 3. The van der Waals surface area contributed by atoms with Crippen molar-refractivity contribution in [3.63, 3.8) is 0 Å². The maximum atomic E-state index is 11.8. The van der Waals surface area contributed by atoms with E-state index in [0.717, 1.165) is 43.1 Å². The molecule has 3 N–H and O–H groups in total. The first-order valence-electron chi connectivity index (χ1n) is 12.5. The second-order valence-electron chi connectivity index (χ2n) is 9.93. The van der Waals surface area contributed by atoms with E-state index in [1.165, 1.54) is 18.4 Å². The number of sulfonamides is 1. The van der Waals surface area contributed by atoms with Crippen LogP contribution in [0.25, 0.3) is 10.9 Å². The molecule has 1 aliphatic rings. The summed E-state index contributed by atoms with van der Waals surface area (Å²) in [5, 5.41) is 11.6. The van der Waals surface area contributed by atoms with Crippen molar-refractivity contribution >= 4 is 38.0 Å². The van der Waals surface area contributed by atoms with Gasteiger partial charge in [-0.05, 0) is 67.7 Å². The highest BCUT2D eigenvalue weighted by Crippen LogP contribution is 2.33. The lowest BCUT2D eigenvalue weighted by molar-refractivity contribution is 0.185. The number of H-pyrrole nitrogens is 1. The van der Waals surface area contributed by atoms with Crippen LogP contribution >= 0.6 is 0 Å². The van der Waals surface area contributed by atoms with Crippen LogP contribution in [0.4, 0.5) is 11.4 Å². The molecule has 1 aliphatic heterocycles. The van der Waals surface area contributed by atoms with Crippen molar-refractivity contribution in [2.45, 2.75) is 26.3 Å². The summed E-state index contributed by atoms with van der Waals surface area (Å²) in [6.45, 7) is 5.52. The zero-order chi connectivity index (χ0) is 26.0. The predicted octanol–water partition coefficient (Wildman–Crippen LogP) is 5.65. The lowest BCUT2D eigenvalue weighted by Crippen LogP contribution is -2.32. The SMILES string of the molecule is CC1CCN(Cc2ccc(N=C(c3ccccc3)c3c(O)[nH]c4ccc(NS(C)(=O)=O)cc34)cc2)CC1. The number of aromatic nitrogens is 1. The van der Waals surface area contributed by atoms with Crippen LogP contribution in [0.5, 0.6) is 5.88 Å². The Labute approximate surface area is 217 Å². The van der Waals surface area contributed by atoms with Gasteiger partial charge in [0.15, 0.2) is 5.88 Å². The Morgan fingerprint density at radius 1 is 1.05 bits per heavy atom. The number of aromatic amines is 1. The second kappa shape index (κ2) is 10.4. The van der Waals surface area contributed by atoms with Gasteiger partial charge >= 0.3 is 0 Å². The van der Waals surface area contributed by atoms with Crippen LogP contribution < -0.4 is 4.72 Å². The van der Waals surface area contributed by atoms with Gasteiger partial charge < -0.3 is 10.1 Å². The third-order valence-electron chi connectivity index (χ3n) is 6.83. The van der Waals surface area contributed by atoms with Crippen LogP contribution in [0.1, 0.15) is 36.5 Å². The van der Waals surface area contributed by atoms with Crippen LogP contribution in [-0.2, 0) is 16.6 Å². The molecule has 7 nitrogen and oxygen atoms in total. The molecule has 0 amide bonds. The summed E-state index contributed by atoms with van der Waals surface area (Å²) < 4.78 is 26.1. The molecule has 1 aromatic heterocycles. The average molecular weight is 517 g/mol. The highest BCUT2D eigenvalue weighted by Gasteiger charge is 2.20. The summed E-state index contributed by atoms with van der Waals surface area (Å²) >= 11 is 0. The summed E-state index contributed by atoms with van der Waals surface area (Å²) in [6.07, 6.45) is 3.61. The number of aliphatic imine (C=N–C) groups is 1. The van der Waals surface area contributed by atoms with E-state index in [4.69, 9.17) is 4.99 Å². The minimum absolute atomic E-state index is 0.0231. The monoisotopic (exact) mass is 516 g/mol. The number of nitrogens with zero attached hydrogens (tertiary/aromatic N) is 2. The fourth-order valence-corrected chi connectivity index (χ4v) is 5.39. The van der Waals surface area contributed by atoms with Gasteiger partial charge in [-0.3, -0.25) is 9.62 Å². The Morgan fingerprint density at radius 3 is 2.43 bits per heavy atom. The van der Waals surface area contributed by atoms with E-state index in [1.54, 1.807) is 18.2 Å². The molecule has 0 spiro atoms. The highest BCUT2D eigenvalue weighted by atomic mass is 32.2. The fraction of sp³-hybridized carbons (Fsp3) is 0.276. The van der Waals surface area contributed by atoms with Gasteiger partial charge in [-0.1, -0.05) is 49.4 Å².